The Morgan fingerprint density at radius 2 is 2.28 bits per heavy atom. The zero-order valence-corrected chi connectivity index (χ0v) is 11.5. The summed E-state index contributed by atoms with van der Waals surface area (Å²) in [5, 5.41) is 3.43. The minimum Gasteiger partial charge on any atom is -0.472 e. The lowest BCUT2D eigenvalue weighted by Crippen LogP contribution is -2.41. The van der Waals surface area contributed by atoms with Crippen molar-refractivity contribution in [2.75, 3.05) is 19.7 Å². The highest BCUT2D eigenvalue weighted by Gasteiger charge is 2.28. The highest BCUT2D eigenvalue weighted by Crippen LogP contribution is 2.28. The monoisotopic (exact) mass is 251 g/mol. The van der Waals surface area contributed by atoms with Crippen LogP contribution in [0, 0.1) is 5.92 Å². The molecule has 2 unspecified atom stereocenters. The van der Waals surface area contributed by atoms with E-state index in [-0.39, 0.29) is 6.10 Å². The molecular weight excluding hydrogens is 226 g/mol. The molecule has 1 fully saturated rings. The van der Waals surface area contributed by atoms with Crippen LogP contribution in [0.2, 0.25) is 0 Å². The fourth-order valence-electron chi connectivity index (χ4n) is 2.66. The third-order valence-electron chi connectivity index (χ3n) is 4.10. The van der Waals surface area contributed by atoms with E-state index in [0.29, 0.717) is 11.8 Å². The Morgan fingerprint density at radius 1 is 1.44 bits per heavy atom. The second kappa shape index (κ2) is 6.95. The maximum atomic E-state index is 6.16. The summed E-state index contributed by atoms with van der Waals surface area (Å²) in [4.78, 5) is 0. The van der Waals surface area contributed by atoms with E-state index < -0.39 is 0 Å². The Hall–Kier alpha value is -0.800. The first-order chi connectivity index (χ1) is 8.85. The highest BCUT2D eigenvalue weighted by molar-refractivity contribution is 5.15. The predicted octanol–water partition coefficient (Wildman–Crippen LogP) is 3.18. The maximum absolute atomic E-state index is 6.16. The van der Waals surface area contributed by atoms with Gasteiger partial charge < -0.3 is 14.5 Å². The molecule has 0 amide bonds. The second-order valence-electron chi connectivity index (χ2n) is 5.21. The molecule has 0 radical (unpaired) electrons. The summed E-state index contributed by atoms with van der Waals surface area (Å²) in [7, 11) is 0. The van der Waals surface area contributed by atoms with Crippen molar-refractivity contribution in [3.63, 3.8) is 0 Å². The van der Waals surface area contributed by atoms with Crippen LogP contribution in [0.4, 0.5) is 0 Å². The van der Waals surface area contributed by atoms with E-state index in [1.54, 1.807) is 6.26 Å². The van der Waals surface area contributed by atoms with E-state index in [9.17, 15) is 0 Å². The lowest BCUT2D eigenvalue weighted by Gasteiger charge is -2.32. The van der Waals surface area contributed by atoms with Gasteiger partial charge in [-0.25, -0.2) is 0 Å². The van der Waals surface area contributed by atoms with Crippen LogP contribution in [0.3, 0.4) is 0 Å². The van der Waals surface area contributed by atoms with Gasteiger partial charge in [-0.3, -0.25) is 0 Å². The van der Waals surface area contributed by atoms with Crippen molar-refractivity contribution in [2.45, 2.75) is 45.1 Å². The summed E-state index contributed by atoms with van der Waals surface area (Å²) >= 11 is 0. The Bertz CT molecular complexity index is 319. The van der Waals surface area contributed by atoms with Crippen LogP contribution < -0.4 is 5.32 Å². The van der Waals surface area contributed by atoms with Gasteiger partial charge in [-0.2, -0.15) is 0 Å². The van der Waals surface area contributed by atoms with Gasteiger partial charge in [0, 0.05) is 19.1 Å². The molecule has 0 aromatic carbocycles. The zero-order chi connectivity index (χ0) is 12.8. The predicted molar refractivity (Wildman–Crippen MR) is 72.7 cm³/mol. The summed E-state index contributed by atoms with van der Waals surface area (Å²) in [5.41, 5.74) is 1.28. The van der Waals surface area contributed by atoms with Crippen molar-refractivity contribution in [3.05, 3.63) is 24.2 Å². The van der Waals surface area contributed by atoms with Gasteiger partial charge in [-0.15, -0.1) is 0 Å². The van der Waals surface area contributed by atoms with E-state index in [2.05, 4.69) is 25.2 Å². The molecule has 1 aliphatic heterocycles. The molecule has 1 aromatic heterocycles. The van der Waals surface area contributed by atoms with Crippen molar-refractivity contribution < 1.29 is 9.15 Å². The summed E-state index contributed by atoms with van der Waals surface area (Å²) in [6.45, 7) is 7.39. The average Bonchev–Trinajstić information content (AvgIpc) is 2.94. The third kappa shape index (κ3) is 3.36. The standard InChI is InChI=1S/C15H25NO2/c1-3-12(4-2)10-18-15-9-16-7-5-14(15)13-6-8-17-11-13/h6,8,11-12,14-16H,3-5,7,9-10H2,1-2H3. The molecule has 1 aromatic rings. The lowest BCUT2D eigenvalue weighted by molar-refractivity contribution is 0.000835. The van der Waals surface area contributed by atoms with Crippen LogP contribution in [-0.2, 0) is 4.74 Å². The number of ether oxygens (including phenoxy) is 1. The molecule has 102 valence electrons. The van der Waals surface area contributed by atoms with E-state index >= 15 is 0 Å². The van der Waals surface area contributed by atoms with Gasteiger partial charge in [0.25, 0.3) is 0 Å². The molecule has 1 saturated heterocycles. The molecule has 18 heavy (non-hydrogen) atoms. The van der Waals surface area contributed by atoms with Crippen LogP contribution in [0.25, 0.3) is 0 Å². The van der Waals surface area contributed by atoms with Crippen LogP contribution in [-0.4, -0.2) is 25.8 Å². The molecule has 3 nitrogen and oxygen atoms in total. The quantitative estimate of drug-likeness (QED) is 0.843. The maximum Gasteiger partial charge on any atom is 0.0938 e. The molecule has 1 N–H and O–H groups in total. The third-order valence-corrected chi connectivity index (χ3v) is 4.10. The van der Waals surface area contributed by atoms with Crippen LogP contribution in [0.5, 0.6) is 0 Å². The minimum atomic E-state index is 0.289. The molecule has 0 aliphatic carbocycles. The van der Waals surface area contributed by atoms with Crippen molar-refractivity contribution in [2.24, 2.45) is 5.92 Å². The van der Waals surface area contributed by atoms with Gasteiger partial charge >= 0.3 is 0 Å². The van der Waals surface area contributed by atoms with Crippen molar-refractivity contribution in [3.8, 4) is 0 Å². The summed E-state index contributed by atoms with van der Waals surface area (Å²) in [6.07, 6.45) is 7.45. The summed E-state index contributed by atoms with van der Waals surface area (Å²) in [5.74, 6) is 1.18. The first-order valence-corrected chi connectivity index (χ1v) is 7.19. The first-order valence-electron chi connectivity index (χ1n) is 7.19. The minimum absolute atomic E-state index is 0.289. The Kier molecular flexibility index (Phi) is 5.26. The fourth-order valence-corrected chi connectivity index (χ4v) is 2.66. The van der Waals surface area contributed by atoms with Crippen molar-refractivity contribution >= 4 is 0 Å². The topological polar surface area (TPSA) is 34.4 Å². The zero-order valence-electron chi connectivity index (χ0n) is 11.5. The first kappa shape index (κ1) is 13.6. The van der Waals surface area contributed by atoms with E-state index in [4.69, 9.17) is 9.15 Å². The van der Waals surface area contributed by atoms with E-state index in [1.165, 1.54) is 18.4 Å². The molecule has 2 heterocycles. The van der Waals surface area contributed by atoms with E-state index in [1.807, 2.05) is 6.26 Å². The van der Waals surface area contributed by atoms with Gasteiger partial charge in [-0.1, -0.05) is 26.7 Å². The molecular formula is C15H25NO2. The Balaban J connectivity index is 1.92. The Labute approximate surface area is 110 Å². The molecule has 3 heteroatoms. The summed E-state index contributed by atoms with van der Waals surface area (Å²) in [6, 6.07) is 2.07. The number of furan rings is 1. The molecule has 1 aliphatic rings. The van der Waals surface area contributed by atoms with Gasteiger partial charge in [0.05, 0.1) is 18.6 Å². The SMILES string of the molecule is CCC(CC)COC1CNCCC1c1ccoc1. The average molecular weight is 251 g/mol. The van der Waals surface area contributed by atoms with E-state index in [0.717, 1.165) is 26.1 Å². The van der Waals surface area contributed by atoms with Gasteiger partial charge in [0.1, 0.15) is 0 Å². The van der Waals surface area contributed by atoms with Crippen LogP contribution >= 0.6 is 0 Å². The van der Waals surface area contributed by atoms with Crippen LogP contribution in [0.1, 0.15) is 44.6 Å². The number of rotatable bonds is 6. The lowest BCUT2D eigenvalue weighted by atomic mass is 9.89. The number of hydrogen-bond donors (Lipinski definition) is 1. The highest BCUT2D eigenvalue weighted by atomic mass is 16.5. The Morgan fingerprint density at radius 3 is 2.94 bits per heavy atom. The smallest absolute Gasteiger partial charge is 0.0938 e. The second-order valence-corrected chi connectivity index (χ2v) is 5.21. The normalized spacial score (nSPS) is 24.6. The molecule has 0 bridgehead atoms. The number of nitrogens with one attached hydrogen (secondary N) is 1. The number of hydrogen-bond acceptors (Lipinski definition) is 3. The van der Waals surface area contributed by atoms with Crippen molar-refractivity contribution in [1.29, 1.82) is 0 Å². The molecule has 0 spiro atoms. The van der Waals surface area contributed by atoms with Gasteiger partial charge in [0.2, 0.25) is 0 Å². The fraction of sp³-hybridized carbons (Fsp3) is 0.733. The molecule has 2 atom stereocenters. The van der Waals surface area contributed by atoms with Crippen molar-refractivity contribution in [1.82, 2.24) is 5.32 Å². The number of piperidine rings is 1. The van der Waals surface area contributed by atoms with Gasteiger partial charge in [-0.05, 0) is 30.5 Å². The molecule has 0 saturated carbocycles. The van der Waals surface area contributed by atoms with Gasteiger partial charge in [0.15, 0.2) is 0 Å². The van der Waals surface area contributed by atoms with Crippen LogP contribution in [0.15, 0.2) is 23.0 Å². The summed E-state index contributed by atoms with van der Waals surface area (Å²) < 4.78 is 11.4. The largest absolute Gasteiger partial charge is 0.472 e. The molecule has 2 rings (SSSR count).